The summed E-state index contributed by atoms with van der Waals surface area (Å²) in [7, 11) is 0. The van der Waals surface area contributed by atoms with Crippen LogP contribution in [-0.2, 0) is 4.79 Å². The third-order valence-corrected chi connectivity index (χ3v) is 3.32. The largest absolute Gasteiger partial charge is 0.391 e. The molecule has 0 saturated heterocycles. The van der Waals surface area contributed by atoms with Gasteiger partial charge in [-0.15, -0.1) is 0 Å². The van der Waals surface area contributed by atoms with E-state index in [4.69, 9.17) is 23.2 Å². The molecule has 0 heterocycles. The Morgan fingerprint density at radius 1 is 1.35 bits per heavy atom. The number of aliphatic hydroxyl groups is 1. The third kappa shape index (κ3) is 5.95. The first-order chi connectivity index (χ1) is 9.40. The number of hydrogen-bond acceptors (Lipinski definition) is 2. The van der Waals surface area contributed by atoms with Gasteiger partial charge in [-0.3, -0.25) is 4.79 Å². The summed E-state index contributed by atoms with van der Waals surface area (Å²) < 4.78 is 0. The predicted octanol–water partition coefficient (Wildman–Crippen LogP) is 3.53. The van der Waals surface area contributed by atoms with Crippen molar-refractivity contribution in [2.24, 2.45) is 5.92 Å². The first-order valence-corrected chi connectivity index (χ1v) is 7.23. The fraction of sp³-hybridized carbons (Fsp3) is 0.400. The van der Waals surface area contributed by atoms with E-state index in [1.54, 1.807) is 24.3 Å². The van der Waals surface area contributed by atoms with Gasteiger partial charge in [0.1, 0.15) is 0 Å². The molecule has 110 valence electrons. The standard InChI is InChI=1S/C15H19Cl2NO2/c1-10(2)8-11(19)9-18-15(20)7-6-12-13(16)4-3-5-14(12)17/h3-7,10-11,19H,8-9H2,1-2H3,(H,18,20)/b7-6+. The molecule has 5 heteroatoms. The van der Waals surface area contributed by atoms with Crippen molar-refractivity contribution in [2.45, 2.75) is 26.4 Å². The van der Waals surface area contributed by atoms with E-state index in [1.807, 2.05) is 13.8 Å². The molecule has 1 amide bonds. The summed E-state index contributed by atoms with van der Waals surface area (Å²) in [5, 5.41) is 13.3. The highest BCUT2D eigenvalue weighted by Crippen LogP contribution is 2.25. The van der Waals surface area contributed by atoms with Gasteiger partial charge in [-0.05, 0) is 30.5 Å². The molecule has 0 aliphatic carbocycles. The van der Waals surface area contributed by atoms with Crippen LogP contribution in [0.25, 0.3) is 6.08 Å². The van der Waals surface area contributed by atoms with Crippen LogP contribution in [-0.4, -0.2) is 23.7 Å². The number of nitrogens with one attached hydrogen (secondary N) is 1. The average molecular weight is 316 g/mol. The lowest BCUT2D eigenvalue weighted by atomic mass is 10.1. The van der Waals surface area contributed by atoms with Gasteiger partial charge in [-0.2, -0.15) is 0 Å². The quantitative estimate of drug-likeness (QED) is 0.789. The maximum absolute atomic E-state index is 11.6. The molecule has 2 N–H and O–H groups in total. The minimum atomic E-state index is -0.531. The average Bonchev–Trinajstić information content (AvgIpc) is 2.35. The lowest BCUT2D eigenvalue weighted by Gasteiger charge is -2.12. The Kier molecular flexibility index (Phi) is 7.06. The Hall–Kier alpha value is -1.03. The van der Waals surface area contributed by atoms with Gasteiger partial charge in [0.15, 0.2) is 0 Å². The summed E-state index contributed by atoms with van der Waals surface area (Å²) >= 11 is 12.0. The zero-order chi connectivity index (χ0) is 15.1. The van der Waals surface area contributed by atoms with Crippen LogP contribution in [0.5, 0.6) is 0 Å². The fourth-order valence-electron chi connectivity index (χ4n) is 1.73. The molecule has 0 aliphatic rings. The molecule has 0 aliphatic heterocycles. The maximum Gasteiger partial charge on any atom is 0.244 e. The molecule has 1 aromatic rings. The highest BCUT2D eigenvalue weighted by atomic mass is 35.5. The van der Waals surface area contributed by atoms with Crippen LogP contribution in [0.1, 0.15) is 25.8 Å². The molecule has 0 aromatic heterocycles. The number of amides is 1. The molecule has 0 fully saturated rings. The van der Waals surface area contributed by atoms with Crippen molar-refractivity contribution in [2.75, 3.05) is 6.54 Å². The molecule has 0 radical (unpaired) electrons. The molecule has 20 heavy (non-hydrogen) atoms. The van der Waals surface area contributed by atoms with Gasteiger partial charge in [-0.25, -0.2) is 0 Å². The lowest BCUT2D eigenvalue weighted by Crippen LogP contribution is -2.31. The Morgan fingerprint density at radius 3 is 2.50 bits per heavy atom. The van der Waals surface area contributed by atoms with Gasteiger partial charge in [0.2, 0.25) is 5.91 Å². The van der Waals surface area contributed by atoms with E-state index in [1.165, 1.54) is 6.08 Å². The zero-order valence-electron chi connectivity index (χ0n) is 11.6. The minimum Gasteiger partial charge on any atom is -0.391 e. The van der Waals surface area contributed by atoms with Crippen molar-refractivity contribution in [3.63, 3.8) is 0 Å². The summed E-state index contributed by atoms with van der Waals surface area (Å²) in [4.78, 5) is 11.6. The highest BCUT2D eigenvalue weighted by molar-refractivity contribution is 6.37. The lowest BCUT2D eigenvalue weighted by molar-refractivity contribution is -0.116. The summed E-state index contributed by atoms with van der Waals surface area (Å²) in [6.07, 6.45) is 3.04. The third-order valence-electron chi connectivity index (χ3n) is 2.66. The van der Waals surface area contributed by atoms with Gasteiger partial charge in [0, 0.05) is 28.2 Å². The topological polar surface area (TPSA) is 49.3 Å². The Morgan fingerprint density at radius 2 is 1.95 bits per heavy atom. The number of carbonyl (C=O) groups excluding carboxylic acids is 1. The van der Waals surface area contributed by atoms with E-state index in [2.05, 4.69) is 5.32 Å². The van der Waals surface area contributed by atoms with Crippen molar-refractivity contribution >= 4 is 35.2 Å². The van der Waals surface area contributed by atoms with Gasteiger partial charge in [0.25, 0.3) is 0 Å². The fourth-order valence-corrected chi connectivity index (χ4v) is 2.26. The van der Waals surface area contributed by atoms with Gasteiger partial charge >= 0.3 is 0 Å². The molecule has 1 atom stereocenters. The summed E-state index contributed by atoms with van der Waals surface area (Å²) in [6.45, 7) is 4.27. The van der Waals surface area contributed by atoms with E-state index in [9.17, 15) is 9.90 Å². The number of carbonyl (C=O) groups is 1. The van der Waals surface area contributed by atoms with Crippen LogP contribution >= 0.6 is 23.2 Å². The predicted molar refractivity (Wildman–Crippen MR) is 84.0 cm³/mol. The van der Waals surface area contributed by atoms with Crippen LogP contribution in [0, 0.1) is 5.92 Å². The van der Waals surface area contributed by atoms with Crippen LogP contribution in [0.15, 0.2) is 24.3 Å². The van der Waals surface area contributed by atoms with Crippen molar-refractivity contribution in [1.82, 2.24) is 5.32 Å². The summed E-state index contributed by atoms with van der Waals surface area (Å²) in [5.74, 6) is 0.100. The van der Waals surface area contributed by atoms with Crippen molar-refractivity contribution in [3.8, 4) is 0 Å². The van der Waals surface area contributed by atoms with Gasteiger partial charge in [0.05, 0.1) is 6.10 Å². The second-order valence-electron chi connectivity index (χ2n) is 5.00. The Labute approximate surface area is 129 Å². The molecule has 1 rings (SSSR count). The number of rotatable bonds is 6. The Balaban J connectivity index is 2.52. The summed E-state index contributed by atoms with van der Waals surface area (Å²) in [5.41, 5.74) is 0.605. The minimum absolute atomic E-state index is 0.234. The van der Waals surface area contributed by atoms with Crippen LogP contribution in [0.2, 0.25) is 10.0 Å². The second kappa shape index (κ2) is 8.30. The SMILES string of the molecule is CC(C)CC(O)CNC(=O)/C=C/c1c(Cl)cccc1Cl. The highest BCUT2D eigenvalue weighted by Gasteiger charge is 2.08. The van der Waals surface area contributed by atoms with Crippen LogP contribution in [0.4, 0.5) is 0 Å². The van der Waals surface area contributed by atoms with E-state index < -0.39 is 6.10 Å². The van der Waals surface area contributed by atoms with Gasteiger partial charge < -0.3 is 10.4 Å². The van der Waals surface area contributed by atoms with Crippen molar-refractivity contribution in [1.29, 1.82) is 0 Å². The normalized spacial score (nSPS) is 12.9. The van der Waals surface area contributed by atoms with Crippen LogP contribution in [0.3, 0.4) is 0 Å². The smallest absolute Gasteiger partial charge is 0.244 e. The molecular formula is C15H19Cl2NO2. The first-order valence-electron chi connectivity index (χ1n) is 6.48. The van der Waals surface area contributed by atoms with Crippen molar-refractivity contribution < 1.29 is 9.90 Å². The number of halogens is 2. The zero-order valence-corrected chi connectivity index (χ0v) is 13.1. The monoisotopic (exact) mass is 315 g/mol. The molecule has 0 saturated carbocycles. The molecule has 1 aromatic carbocycles. The molecular weight excluding hydrogens is 297 g/mol. The number of hydrogen-bond donors (Lipinski definition) is 2. The number of benzene rings is 1. The Bertz CT molecular complexity index is 467. The van der Waals surface area contributed by atoms with E-state index in [0.29, 0.717) is 27.9 Å². The van der Waals surface area contributed by atoms with E-state index in [0.717, 1.165) is 0 Å². The van der Waals surface area contributed by atoms with E-state index >= 15 is 0 Å². The van der Waals surface area contributed by atoms with E-state index in [-0.39, 0.29) is 12.5 Å². The molecule has 0 spiro atoms. The molecule has 3 nitrogen and oxygen atoms in total. The van der Waals surface area contributed by atoms with Crippen LogP contribution < -0.4 is 5.32 Å². The van der Waals surface area contributed by atoms with Crippen molar-refractivity contribution in [3.05, 3.63) is 39.9 Å². The molecule has 1 unspecified atom stereocenters. The number of aliphatic hydroxyl groups excluding tert-OH is 1. The maximum atomic E-state index is 11.6. The second-order valence-corrected chi connectivity index (χ2v) is 5.81. The summed E-state index contributed by atoms with van der Waals surface area (Å²) in [6, 6.07) is 5.15. The van der Waals surface area contributed by atoms with Gasteiger partial charge in [-0.1, -0.05) is 43.1 Å². The molecule has 0 bridgehead atoms. The first kappa shape index (κ1) is 17.0.